The molecule has 1 aromatic carbocycles. The van der Waals surface area contributed by atoms with Gasteiger partial charge in [-0.2, -0.15) is 0 Å². The summed E-state index contributed by atoms with van der Waals surface area (Å²) in [5, 5.41) is 3.52. The van der Waals surface area contributed by atoms with E-state index in [2.05, 4.69) is 42.4 Å². The minimum Gasteiger partial charge on any atom is -0.295 e. The molecule has 1 atom stereocenters. The van der Waals surface area contributed by atoms with Gasteiger partial charge in [0.15, 0.2) is 0 Å². The summed E-state index contributed by atoms with van der Waals surface area (Å²) in [6.45, 7) is 6.28. The third kappa shape index (κ3) is 3.72. The first-order valence-electron chi connectivity index (χ1n) is 5.89. The highest BCUT2D eigenvalue weighted by molar-refractivity contribution is 5.21. The fraction of sp³-hybridized carbons (Fsp3) is 0.467. The minimum absolute atomic E-state index is 0.254. The van der Waals surface area contributed by atoms with Gasteiger partial charge in [0.1, 0.15) is 0 Å². The molecule has 0 bridgehead atoms. The maximum atomic E-state index is 5.52. The van der Waals surface area contributed by atoms with Gasteiger partial charge in [0.25, 0.3) is 0 Å². The average Bonchev–Trinajstić information content (AvgIpc) is 2.29. The van der Waals surface area contributed by atoms with E-state index in [1.807, 2.05) is 19.9 Å². The van der Waals surface area contributed by atoms with Crippen LogP contribution in [0, 0.1) is 12.3 Å². The van der Waals surface area contributed by atoms with Crippen molar-refractivity contribution in [3.8, 4) is 12.3 Å². The van der Waals surface area contributed by atoms with Crippen LogP contribution in [0.4, 0.5) is 0 Å². The van der Waals surface area contributed by atoms with Crippen molar-refractivity contribution in [3.63, 3.8) is 0 Å². The molecule has 1 nitrogen and oxygen atoms in total. The summed E-state index contributed by atoms with van der Waals surface area (Å²) < 4.78 is 0. The molecule has 0 amide bonds. The molecule has 0 heterocycles. The Morgan fingerprint density at radius 1 is 1.31 bits per heavy atom. The van der Waals surface area contributed by atoms with E-state index in [4.69, 9.17) is 6.42 Å². The van der Waals surface area contributed by atoms with E-state index in [0.29, 0.717) is 6.04 Å². The average molecular weight is 215 g/mol. The molecular weight excluding hydrogens is 194 g/mol. The lowest BCUT2D eigenvalue weighted by molar-refractivity contribution is 0.392. The molecule has 0 aliphatic carbocycles. The molecule has 1 unspecified atom stereocenters. The number of nitrogens with one attached hydrogen (secondary N) is 1. The quantitative estimate of drug-likeness (QED) is 0.741. The number of benzene rings is 1. The maximum absolute atomic E-state index is 5.52. The van der Waals surface area contributed by atoms with E-state index >= 15 is 0 Å². The van der Waals surface area contributed by atoms with Gasteiger partial charge in [-0.05, 0) is 25.8 Å². The van der Waals surface area contributed by atoms with Gasteiger partial charge in [-0.25, -0.2) is 0 Å². The Morgan fingerprint density at radius 3 is 2.44 bits per heavy atom. The molecule has 0 spiro atoms. The fourth-order valence-corrected chi connectivity index (χ4v) is 1.77. The lowest BCUT2D eigenvalue weighted by Crippen LogP contribution is -2.40. The number of hydrogen-bond acceptors (Lipinski definition) is 1. The van der Waals surface area contributed by atoms with Gasteiger partial charge in [0, 0.05) is 6.04 Å². The van der Waals surface area contributed by atoms with Crippen LogP contribution in [0.2, 0.25) is 0 Å². The van der Waals surface area contributed by atoms with Crippen molar-refractivity contribution in [1.82, 2.24) is 5.32 Å². The monoisotopic (exact) mass is 215 g/mol. The third-order valence-electron chi connectivity index (χ3n) is 2.68. The van der Waals surface area contributed by atoms with Crippen LogP contribution in [0.5, 0.6) is 0 Å². The summed E-state index contributed by atoms with van der Waals surface area (Å²) in [6.07, 6.45) is 7.77. The summed E-state index contributed by atoms with van der Waals surface area (Å²) in [7, 11) is 0. The Balaban J connectivity index is 2.81. The molecule has 16 heavy (non-hydrogen) atoms. The van der Waals surface area contributed by atoms with Gasteiger partial charge in [0.2, 0.25) is 0 Å². The molecule has 1 heteroatoms. The molecular formula is C15H21N. The van der Waals surface area contributed by atoms with Crippen molar-refractivity contribution >= 4 is 0 Å². The highest BCUT2D eigenvalue weighted by Gasteiger charge is 2.19. The normalized spacial score (nSPS) is 13.1. The molecule has 0 radical (unpaired) electrons. The van der Waals surface area contributed by atoms with E-state index in [1.54, 1.807) is 0 Å². The molecule has 0 aliphatic rings. The largest absolute Gasteiger partial charge is 0.295 e. The number of rotatable bonds is 5. The predicted octanol–water partition coefficient (Wildman–Crippen LogP) is 3.53. The number of terminal acetylenes is 1. The van der Waals surface area contributed by atoms with Crippen molar-refractivity contribution in [3.05, 3.63) is 35.9 Å². The van der Waals surface area contributed by atoms with E-state index in [1.165, 1.54) is 5.56 Å². The Kier molecular flexibility index (Phi) is 4.58. The second kappa shape index (κ2) is 5.72. The predicted molar refractivity (Wildman–Crippen MR) is 70.1 cm³/mol. The van der Waals surface area contributed by atoms with Crippen molar-refractivity contribution in [2.75, 3.05) is 0 Å². The zero-order valence-electron chi connectivity index (χ0n) is 10.5. The zero-order valence-corrected chi connectivity index (χ0v) is 10.5. The Hall–Kier alpha value is -1.26. The summed E-state index contributed by atoms with van der Waals surface area (Å²) in [5.74, 6) is 2.79. The van der Waals surface area contributed by atoms with Crippen LogP contribution in [0.15, 0.2) is 30.3 Å². The van der Waals surface area contributed by atoms with Crippen LogP contribution in [0.25, 0.3) is 0 Å². The first-order chi connectivity index (χ1) is 7.59. The van der Waals surface area contributed by atoms with E-state index in [9.17, 15) is 0 Å². The molecule has 0 saturated heterocycles. The van der Waals surface area contributed by atoms with Gasteiger partial charge in [-0.3, -0.25) is 5.32 Å². The second-order valence-corrected chi connectivity index (χ2v) is 4.67. The summed E-state index contributed by atoms with van der Waals surface area (Å²) in [4.78, 5) is 0. The van der Waals surface area contributed by atoms with Gasteiger partial charge in [-0.15, -0.1) is 6.42 Å². The van der Waals surface area contributed by atoms with Crippen LogP contribution < -0.4 is 5.32 Å². The summed E-state index contributed by atoms with van der Waals surface area (Å²) in [6, 6.07) is 10.8. The van der Waals surface area contributed by atoms with Gasteiger partial charge < -0.3 is 0 Å². The molecule has 1 N–H and O–H groups in total. The molecule has 1 aromatic rings. The topological polar surface area (TPSA) is 12.0 Å². The SMILES string of the molecule is C#CC(C)(C)NC(CCC)c1ccccc1. The fourth-order valence-electron chi connectivity index (χ4n) is 1.77. The number of hydrogen-bond donors (Lipinski definition) is 1. The zero-order chi connectivity index (χ0) is 12.0. The van der Waals surface area contributed by atoms with Crippen LogP contribution in [0.3, 0.4) is 0 Å². The first kappa shape index (κ1) is 12.8. The highest BCUT2D eigenvalue weighted by atomic mass is 15.0. The van der Waals surface area contributed by atoms with Gasteiger partial charge in [0.05, 0.1) is 5.54 Å². The van der Waals surface area contributed by atoms with Crippen LogP contribution in [0.1, 0.15) is 45.2 Å². The first-order valence-corrected chi connectivity index (χ1v) is 5.89. The summed E-state index contributed by atoms with van der Waals surface area (Å²) in [5.41, 5.74) is 1.06. The Morgan fingerprint density at radius 2 is 1.94 bits per heavy atom. The smallest absolute Gasteiger partial charge is 0.0745 e. The van der Waals surface area contributed by atoms with Gasteiger partial charge >= 0.3 is 0 Å². The van der Waals surface area contributed by atoms with Crippen LogP contribution in [-0.2, 0) is 0 Å². The van der Waals surface area contributed by atoms with Crippen LogP contribution >= 0.6 is 0 Å². The molecule has 0 fully saturated rings. The van der Waals surface area contributed by atoms with Crippen molar-refractivity contribution in [1.29, 1.82) is 0 Å². The second-order valence-electron chi connectivity index (χ2n) is 4.67. The van der Waals surface area contributed by atoms with E-state index in [0.717, 1.165) is 12.8 Å². The van der Waals surface area contributed by atoms with Crippen molar-refractivity contribution < 1.29 is 0 Å². The Labute approximate surface area is 99.3 Å². The molecule has 86 valence electrons. The summed E-state index contributed by atoms with van der Waals surface area (Å²) >= 11 is 0. The lowest BCUT2D eigenvalue weighted by Gasteiger charge is -2.28. The molecule has 0 aromatic heterocycles. The highest BCUT2D eigenvalue weighted by Crippen LogP contribution is 2.21. The van der Waals surface area contributed by atoms with Crippen molar-refractivity contribution in [2.45, 2.75) is 45.2 Å². The molecule has 0 aliphatic heterocycles. The lowest BCUT2D eigenvalue weighted by atomic mass is 9.97. The maximum Gasteiger partial charge on any atom is 0.0745 e. The molecule has 1 rings (SSSR count). The minimum atomic E-state index is -0.254. The third-order valence-corrected chi connectivity index (χ3v) is 2.68. The Bertz CT molecular complexity index is 345. The van der Waals surface area contributed by atoms with Crippen LogP contribution in [-0.4, -0.2) is 5.54 Å². The van der Waals surface area contributed by atoms with E-state index in [-0.39, 0.29) is 5.54 Å². The van der Waals surface area contributed by atoms with E-state index < -0.39 is 0 Å². The molecule has 0 saturated carbocycles. The van der Waals surface area contributed by atoms with Gasteiger partial charge in [-0.1, -0.05) is 49.6 Å². The standard InChI is InChI=1S/C15H21N/c1-5-10-14(16-15(3,4)6-2)13-11-8-7-9-12-13/h2,7-9,11-12,14,16H,5,10H2,1,3-4H3. The van der Waals surface area contributed by atoms with Crippen molar-refractivity contribution in [2.24, 2.45) is 0 Å².